The highest BCUT2D eigenvalue weighted by molar-refractivity contribution is 5.96. The van der Waals surface area contributed by atoms with Gasteiger partial charge in [-0.15, -0.1) is 0 Å². The first-order chi connectivity index (χ1) is 9.52. The largest absolute Gasteiger partial charge is 0.465 e. The van der Waals surface area contributed by atoms with Crippen LogP contribution in [0.2, 0.25) is 0 Å². The van der Waals surface area contributed by atoms with Gasteiger partial charge in [0.2, 0.25) is 0 Å². The number of nitrogens with zero attached hydrogens (tertiary/aromatic N) is 3. The Kier molecular flexibility index (Phi) is 3.97. The van der Waals surface area contributed by atoms with Gasteiger partial charge < -0.3 is 19.6 Å². The predicted molar refractivity (Wildman–Crippen MR) is 63.5 cm³/mol. The number of cyclic esters (lactones) is 1. The van der Waals surface area contributed by atoms with Crippen LogP contribution in [0.5, 0.6) is 0 Å². The summed E-state index contributed by atoms with van der Waals surface area (Å²) in [4.78, 5) is 36.8. The molecule has 9 nitrogen and oxygen atoms in total. The molecule has 20 heavy (non-hydrogen) atoms. The summed E-state index contributed by atoms with van der Waals surface area (Å²) < 4.78 is 11.1. The number of hydrogen-bond acceptors (Lipinski definition) is 7. The summed E-state index contributed by atoms with van der Waals surface area (Å²) in [6, 6.07) is 0. The Morgan fingerprint density at radius 2 is 2.45 bits per heavy atom. The summed E-state index contributed by atoms with van der Waals surface area (Å²) in [5.41, 5.74) is 0. The van der Waals surface area contributed by atoms with E-state index >= 15 is 0 Å². The van der Waals surface area contributed by atoms with Crippen LogP contribution >= 0.6 is 0 Å². The van der Waals surface area contributed by atoms with Crippen LogP contribution in [-0.4, -0.2) is 39.1 Å². The Hall–Kier alpha value is -2.45. The predicted octanol–water partition coefficient (Wildman–Crippen LogP) is 0.286. The van der Waals surface area contributed by atoms with Gasteiger partial charge in [0.1, 0.15) is 25.0 Å². The van der Waals surface area contributed by atoms with E-state index in [2.05, 4.69) is 4.98 Å². The minimum absolute atomic E-state index is 0.0813. The van der Waals surface area contributed by atoms with Gasteiger partial charge in [-0.1, -0.05) is 4.98 Å². The zero-order chi connectivity index (χ0) is 14.7. The molecule has 1 fully saturated rings. The second-order valence-electron chi connectivity index (χ2n) is 4.24. The Morgan fingerprint density at radius 1 is 1.70 bits per heavy atom. The van der Waals surface area contributed by atoms with E-state index in [0.717, 1.165) is 0 Å². The molecule has 2 unspecified atom stereocenters. The van der Waals surface area contributed by atoms with E-state index in [0.29, 0.717) is 0 Å². The lowest BCUT2D eigenvalue weighted by Crippen LogP contribution is -2.21. The molecular weight excluding hydrogens is 270 g/mol. The Morgan fingerprint density at radius 3 is 3.10 bits per heavy atom. The summed E-state index contributed by atoms with van der Waals surface area (Å²) in [5, 5.41) is 10.7. The highest BCUT2D eigenvalue weighted by Gasteiger charge is 2.41. The molecule has 1 aliphatic rings. The third-order valence-electron chi connectivity index (χ3n) is 2.89. The van der Waals surface area contributed by atoms with Crippen LogP contribution < -0.4 is 0 Å². The Balaban J connectivity index is 2.02. The van der Waals surface area contributed by atoms with Crippen molar-refractivity contribution in [2.45, 2.75) is 26.0 Å². The summed E-state index contributed by atoms with van der Waals surface area (Å²) in [6.07, 6.45) is 2.25. The van der Waals surface area contributed by atoms with Gasteiger partial charge in [-0.25, -0.2) is 4.57 Å². The molecule has 2 rings (SSSR count). The number of ether oxygens (including phenoxy) is 2. The lowest BCUT2D eigenvalue weighted by molar-refractivity contribution is -0.397. The molecule has 2 heterocycles. The van der Waals surface area contributed by atoms with Gasteiger partial charge in [0.05, 0.1) is 6.61 Å². The number of carbonyl (C=O) groups is 2. The quantitative estimate of drug-likeness (QED) is 0.330. The van der Waals surface area contributed by atoms with E-state index in [1.807, 2.05) is 0 Å². The van der Waals surface area contributed by atoms with E-state index in [4.69, 9.17) is 9.47 Å². The standard InChI is InChI=1S/C11H13N3O6/c1-2-19-9(15)8-5-7(20-10(8)16)6-13-4-3-12-11(13)14(17)18/h3-4,7-8H,2,5-6H2,1H3. The molecule has 0 bridgehead atoms. The van der Waals surface area contributed by atoms with Gasteiger partial charge in [-0.2, -0.15) is 0 Å². The second kappa shape index (κ2) is 5.68. The molecule has 1 saturated heterocycles. The van der Waals surface area contributed by atoms with Crippen molar-refractivity contribution in [2.75, 3.05) is 6.61 Å². The van der Waals surface area contributed by atoms with E-state index in [1.54, 1.807) is 6.92 Å². The highest BCUT2D eigenvalue weighted by Crippen LogP contribution is 2.24. The van der Waals surface area contributed by atoms with Crippen molar-refractivity contribution >= 4 is 17.9 Å². The van der Waals surface area contributed by atoms with Crippen LogP contribution in [0.4, 0.5) is 5.95 Å². The zero-order valence-corrected chi connectivity index (χ0v) is 10.7. The number of nitro groups is 1. The van der Waals surface area contributed by atoms with Crippen molar-refractivity contribution < 1.29 is 24.0 Å². The van der Waals surface area contributed by atoms with Crippen LogP contribution in [0.15, 0.2) is 12.4 Å². The van der Waals surface area contributed by atoms with Gasteiger partial charge in [-0.05, 0) is 11.8 Å². The van der Waals surface area contributed by atoms with Crippen LogP contribution in [0.1, 0.15) is 13.3 Å². The van der Waals surface area contributed by atoms with Crippen LogP contribution in [0.25, 0.3) is 0 Å². The number of aromatic nitrogens is 2. The van der Waals surface area contributed by atoms with Crippen molar-refractivity contribution in [1.29, 1.82) is 0 Å². The molecule has 1 aromatic heterocycles. The molecule has 0 N–H and O–H groups in total. The first-order valence-electron chi connectivity index (χ1n) is 6.05. The lowest BCUT2D eigenvalue weighted by Gasteiger charge is -2.07. The molecule has 108 valence electrons. The van der Waals surface area contributed by atoms with Crippen LogP contribution in [0.3, 0.4) is 0 Å². The molecule has 0 aliphatic carbocycles. The number of carbonyl (C=O) groups excluding carboxylic acids is 2. The Labute approximate surface area is 113 Å². The van der Waals surface area contributed by atoms with Gasteiger partial charge in [0.25, 0.3) is 0 Å². The third-order valence-corrected chi connectivity index (χ3v) is 2.89. The van der Waals surface area contributed by atoms with Crippen molar-refractivity contribution in [3.63, 3.8) is 0 Å². The fourth-order valence-corrected chi connectivity index (χ4v) is 2.04. The summed E-state index contributed by atoms with van der Waals surface area (Å²) in [5.74, 6) is -2.57. The maximum atomic E-state index is 11.6. The lowest BCUT2D eigenvalue weighted by atomic mass is 10.1. The molecule has 0 spiro atoms. The fourth-order valence-electron chi connectivity index (χ4n) is 2.04. The maximum absolute atomic E-state index is 11.6. The van der Waals surface area contributed by atoms with Crippen molar-refractivity contribution in [1.82, 2.24) is 9.55 Å². The first-order valence-corrected chi connectivity index (χ1v) is 6.05. The number of imidazole rings is 1. The van der Waals surface area contributed by atoms with E-state index < -0.39 is 28.9 Å². The molecular formula is C11H13N3O6. The summed E-state index contributed by atoms with van der Waals surface area (Å²) in [6.45, 7) is 1.91. The highest BCUT2D eigenvalue weighted by atomic mass is 16.6. The fraction of sp³-hybridized carbons (Fsp3) is 0.545. The minimum atomic E-state index is -0.956. The first kappa shape index (κ1) is 14.0. The van der Waals surface area contributed by atoms with Gasteiger partial charge in [0, 0.05) is 6.42 Å². The minimum Gasteiger partial charge on any atom is -0.465 e. The molecule has 9 heteroatoms. The van der Waals surface area contributed by atoms with E-state index in [-0.39, 0.29) is 25.5 Å². The van der Waals surface area contributed by atoms with Crippen molar-refractivity contribution in [2.24, 2.45) is 5.92 Å². The van der Waals surface area contributed by atoms with E-state index in [9.17, 15) is 19.7 Å². The molecule has 2 atom stereocenters. The molecule has 1 aliphatic heterocycles. The van der Waals surface area contributed by atoms with Gasteiger partial charge >= 0.3 is 17.9 Å². The monoisotopic (exact) mass is 283 g/mol. The molecule has 0 amide bonds. The number of hydrogen-bond donors (Lipinski definition) is 0. The average Bonchev–Trinajstić information content (AvgIpc) is 2.97. The van der Waals surface area contributed by atoms with Crippen LogP contribution in [-0.2, 0) is 25.6 Å². The SMILES string of the molecule is CCOC(=O)C1CC(Cn2ccnc2[N+](=O)[O-])OC1=O. The summed E-state index contributed by atoms with van der Waals surface area (Å²) >= 11 is 0. The normalized spacial score (nSPS) is 21.6. The van der Waals surface area contributed by atoms with Crippen LogP contribution in [0, 0.1) is 16.0 Å². The van der Waals surface area contributed by atoms with E-state index in [1.165, 1.54) is 17.0 Å². The number of esters is 2. The van der Waals surface area contributed by atoms with Crippen molar-refractivity contribution in [3.8, 4) is 0 Å². The molecule has 0 radical (unpaired) electrons. The molecule has 0 aromatic carbocycles. The number of rotatable bonds is 5. The van der Waals surface area contributed by atoms with Gasteiger partial charge in [-0.3, -0.25) is 9.59 Å². The molecule has 0 saturated carbocycles. The zero-order valence-electron chi connectivity index (χ0n) is 10.7. The maximum Gasteiger partial charge on any atom is 0.434 e. The topological polar surface area (TPSA) is 114 Å². The van der Waals surface area contributed by atoms with Gasteiger partial charge in [0.15, 0.2) is 5.92 Å². The smallest absolute Gasteiger partial charge is 0.434 e. The third kappa shape index (κ3) is 2.76. The summed E-state index contributed by atoms with van der Waals surface area (Å²) in [7, 11) is 0. The average molecular weight is 283 g/mol. The molecule has 1 aromatic rings. The second-order valence-corrected chi connectivity index (χ2v) is 4.24. The van der Waals surface area contributed by atoms with Crippen molar-refractivity contribution in [3.05, 3.63) is 22.5 Å². The Bertz CT molecular complexity index is 540.